The van der Waals surface area contributed by atoms with E-state index in [0.29, 0.717) is 0 Å². The van der Waals surface area contributed by atoms with Gasteiger partial charge in [-0.2, -0.15) is 12.6 Å². The number of aliphatic carboxylic acids is 1. The van der Waals surface area contributed by atoms with Gasteiger partial charge in [-0.15, -0.1) is 0 Å². The van der Waals surface area contributed by atoms with Gasteiger partial charge < -0.3 is 10.8 Å². The van der Waals surface area contributed by atoms with Gasteiger partial charge >= 0.3 is 5.97 Å². The maximum atomic E-state index is 10.1. The van der Waals surface area contributed by atoms with Crippen molar-refractivity contribution in [1.82, 2.24) is 0 Å². The largest absolute Gasteiger partial charge is 0.480 e. The van der Waals surface area contributed by atoms with Crippen molar-refractivity contribution >= 4 is 18.6 Å². The van der Waals surface area contributed by atoms with Crippen LogP contribution in [0.25, 0.3) is 0 Å². The molecule has 0 aliphatic carbocycles. The second-order valence-corrected chi connectivity index (χ2v) is 2.20. The van der Waals surface area contributed by atoms with E-state index in [9.17, 15) is 4.79 Å². The van der Waals surface area contributed by atoms with E-state index in [1.165, 1.54) is 6.92 Å². The molecule has 0 saturated heterocycles. The second kappa shape index (κ2) is 4.17. The summed E-state index contributed by atoms with van der Waals surface area (Å²) in [6.07, 6.45) is 0. The first kappa shape index (κ1) is 12.0. The van der Waals surface area contributed by atoms with E-state index >= 15 is 0 Å². The fourth-order valence-electron chi connectivity index (χ4n) is 0.0676. The van der Waals surface area contributed by atoms with Gasteiger partial charge in [-0.05, 0) is 6.92 Å². The predicted octanol–water partition coefficient (Wildman–Crippen LogP) is -0.284. The zero-order valence-corrected chi connectivity index (χ0v) is 6.72. The Morgan fingerprint density at radius 3 is 2.22 bits per heavy atom. The number of hydrogen-bond donors (Lipinski definition) is 3. The Morgan fingerprint density at radius 1 is 1.89 bits per heavy atom. The van der Waals surface area contributed by atoms with E-state index in [1.54, 1.807) is 0 Å². The van der Waals surface area contributed by atoms with Gasteiger partial charge in [-0.3, -0.25) is 4.79 Å². The number of thiol groups is 1. The third-order valence-corrected chi connectivity index (χ3v) is 1.47. The Labute approximate surface area is 69.9 Å². The molecule has 0 spiro atoms. The normalized spacial score (nSPS) is 15.4. The van der Waals surface area contributed by atoms with Gasteiger partial charge in [-0.25, -0.2) is 0 Å². The molecular formula is C4H9CuNO2S. The average Bonchev–Trinajstić information content (AvgIpc) is 1.67. The van der Waals surface area contributed by atoms with Gasteiger partial charge in [0, 0.05) is 22.8 Å². The molecule has 0 aromatic rings. The van der Waals surface area contributed by atoms with Crippen LogP contribution in [0.4, 0.5) is 0 Å². The van der Waals surface area contributed by atoms with Crippen LogP contribution in [0.2, 0.25) is 0 Å². The Hall–Kier alpha value is 0.299. The summed E-state index contributed by atoms with van der Waals surface area (Å²) in [6.45, 7) is 1.42. The first-order valence-electron chi connectivity index (χ1n) is 2.14. The summed E-state index contributed by atoms with van der Waals surface area (Å²) < 4.78 is 0. The molecule has 59 valence electrons. The summed E-state index contributed by atoms with van der Waals surface area (Å²) >= 11 is 3.73. The minimum absolute atomic E-state index is 0. The van der Waals surface area contributed by atoms with Crippen LogP contribution in [-0.4, -0.2) is 22.4 Å². The summed E-state index contributed by atoms with van der Waals surface area (Å²) in [7, 11) is 0. The molecule has 3 nitrogen and oxygen atoms in total. The first-order chi connectivity index (χ1) is 3.50. The second-order valence-electron chi connectivity index (χ2n) is 1.88. The molecule has 0 aromatic heterocycles. The number of carboxylic acid groups (broad SMARTS) is 1. The standard InChI is InChI=1S/C4H9NO2S.Cu/c1-4(5,2-8)3(6)7;/h8H,2,5H2,1H3,(H,6,7);/t4-;/m0./s1. The number of rotatable bonds is 2. The van der Waals surface area contributed by atoms with Gasteiger partial charge in [0.05, 0.1) is 0 Å². The van der Waals surface area contributed by atoms with Crippen molar-refractivity contribution in [3.63, 3.8) is 0 Å². The molecule has 0 heterocycles. The number of carbonyl (C=O) groups is 1. The molecule has 0 saturated carbocycles. The van der Waals surface area contributed by atoms with E-state index in [4.69, 9.17) is 10.8 Å². The van der Waals surface area contributed by atoms with Crippen molar-refractivity contribution in [1.29, 1.82) is 0 Å². The molecule has 0 amide bonds. The van der Waals surface area contributed by atoms with Crippen LogP contribution in [0, 0.1) is 0 Å². The Balaban J connectivity index is 0. The zero-order chi connectivity index (χ0) is 6.78. The molecule has 0 rings (SSSR count). The van der Waals surface area contributed by atoms with Crippen molar-refractivity contribution < 1.29 is 27.0 Å². The summed E-state index contributed by atoms with van der Waals surface area (Å²) in [5, 5.41) is 8.27. The van der Waals surface area contributed by atoms with E-state index in [0.717, 1.165) is 0 Å². The quantitative estimate of drug-likeness (QED) is 0.423. The minimum Gasteiger partial charge on any atom is -0.480 e. The van der Waals surface area contributed by atoms with Crippen molar-refractivity contribution in [3.05, 3.63) is 0 Å². The molecule has 0 aromatic carbocycles. The zero-order valence-electron chi connectivity index (χ0n) is 4.89. The van der Waals surface area contributed by atoms with Crippen molar-refractivity contribution in [2.45, 2.75) is 12.5 Å². The van der Waals surface area contributed by atoms with Crippen molar-refractivity contribution in [2.24, 2.45) is 5.73 Å². The van der Waals surface area contributed by atoms with Gasteiger partial charge in [-0.1, -0.05) is 0 Å². The SMILES string of the molecule is C[C@](N)(CS)C(=O)O.[Cu]. The maximum absolute atomic E-state index is 10.1. The summed E-state index contributed by atoms with van der Waals surface area (Å²) in [6, 6.07) is 0. The molecule has 3 N–H and O–H groups in total. The molecule has 0 aliphatic rings. The molecule has 0 bridgehead atoms. The Bertz CT molecular complexity index is 107. The van der Waals surface area contributed by atoms with Gasteiger partial charge in [0.1, 0.15) is 5.54 Å². The fraction of sp³-hybridized carbons (Fsp3) is 0.750. The number of nitrogens with two attached hydrogens (primary N) is 1. The number of hydrogen-bond acceptors (Lipinski definition) is 3. The molecule has 9 heavy (non-hydrogen) atoms. The molecule has 0 unspecified atom stereocenters. The first-order valence-corrected chi connectivity index (χ1v) is 2.77. The van der Waals surface area contributed by atoms with Crippen LogP contribution in [0.3, 0.4) is 0 Å². The van der Waals surface area contributed by atoms with Crippen molar-refractivity contribution in [2.75, 3.05) is 5.75 Å². The Morgan fingerprint density at radius 2 is 2.22 bits per heavy atom. The van der Waals surface area contributed by atoms with Crippen LogP contribution in [-0.2, 0) is 21.9 Å². The Kier molecular flexibility index (Phi) is 5.57. The van der Waals surface area contributed by atoms with Gasteiger partial charge in [0.2, 0.25) is 0 Å². The van der Waals surface area contributed by atoms with E-state index in [-0.39, 0.29) is 22.8 Å². The third-order valence-electron chi connectivity index (χ3n) is 0.817. The van der Waals surface area contributed by atoms with E-state index in [2.05, 4.69) is 12.6 Å². The number of carboxylic acids is 1. The summed E-state index contributed by atoms with van der Waals surface area (Å²) in [4.78, 5) is 10.1. The summed E-state index contributed by atoms with van der Waals surface area (Å²) in [5.74, 6) is -0.866. The molecule has 1 radical (unpaired) electrons. The van der Waals surface area contributed by atoms with Crippen LogP contribution in [0.5, 0.6) is 0 Å². The molecule has 0 fully saturated rings. The third kappa shape index (κ3) is 3.81. The van der Waals surface area contributed by atoms with E-state index < -0.39 is 11.5 Å². The topological polar surface area (TPSA) is 63.3 Å². The fourth-order valence-corrected chi connectivity index (χ4v) is 0.203. The molecule has 0 aliphatic heterocycles. The van der Waals surface area contributed by atoms with Crippen LogP contribution in [0.15, 0.2) is 0 Å². The minimum atomic E-state index is -1.18. The predicted molar refractivity (Wildman–Crippen MR) is 34.1 cm³/mol. The summed E-state index contributed by atoms with van der Waals surface area (Å²) in [5.41, 5.74) is 4.01. The molecule has 5 heteroatoms. The van der Waals surface area contributed by atoms with Gasteiger partial charge in [0.25, 0.3) is 0 Å². The smallest absolute Gasteiger partial charge is 0.324 e. The van der Waals surface area contributed by atoms with Crippen LogP contribution < -0.4 is 5.73 Å². The molecule has 1 atom stereocenters. The van der Waals surface area contributed by atoms with Crippen molar-refractivity contribution in [3.8, 4) is 0 Å². The molecular weight excluding hydrogens is 190 g/mol. The van der Waals surface area contributed by atoms with Gasteiger partial charge in [0.15, 0.2) is 0 Å². The van der Waals surface area contributed by atoms with E-state index in [1.807, 2.05) is 0 Å². The van der Waals surface area contributed by atoms with Crippen LogP contribution >= 0.6 is 12.6 Å². The average molecular weight is 199 g/mol. The maximum Gasteiger partial charge on any atom is 0.324 e. The van der Waals surface area contributed by atoms with Crippen LogP contribution in [0.1, 0.15) is 6.92 Å². The monoisotopic (exact) mass is 198 g/mol.